The van der Waals surface area contributed by atoms with Gasteiger partial charge in [0.15, 0.2) is 11.5 Å². The van der Waals surface area contributed by atoms with Crippen LogP contribution in [0.4, 0.5) is 4.79 Å². The lowest BCUT2D eigenvalue weighted by Gasteiger charge is -2.34. The van der Waals surface area contributed by atoms with Crippen LogP contribution in [0, 0.1) is 0 Å². The zero-order valence-corrected chi connectivity index (χ0v) is 16.1. The quantitative estimate of drug-likeness (QED) is 0.793. The molecule has 0 unspecified atom stereocenters. The third-order valence-corrected chi connectivity index (χ3v) is 4.64. The van der Waals surface area contributed by atoms with E-state index in [-0.39, 0.29) is 12.3 Å². The first-order valence-corrected chi connectivity index (χ1v) is 9.11. The number of nitrogens with zero attached hydrogens (tertiary/aromatic N) is 2. The summed E-state index contributed by atoms with van der Waals surface area (Å²) in [4.78, 5) is 28.2. The van der Waals surface area contributed by atoms with Crippen LogP contribution in [0.3, 0.4) is 0 Å². The highest BCUT2D eigenvalue weighted by molar-refractivity contribution is 5.79. The minimum absolute atomic E-state index is 0.0169. The Bertz CT molecular complexity index is 817. The van der Waals surface area contributed by atoms with Crippen molar-refractivity contribution in [3.05, 3.63) is 54.1 Å². The number of carbonyl (C=O) groups is 2. The summed E-state index contributed by atoms with van der Waals surface area (Å²) in [5.74, 6) is 1.76. The molecule has 0 saturated carbocycles. The van der Waals surface area contributed by atoms with E-state index in [2.05, 4.69) is 0 Å². The maximum absolute atomic E-state index is 12.6. The Morgan fingerprint density at radius 3 is 2.14 bits per heavy atom. The van der Waals surface area contributed by atoms with Gasteiger partial charge >= 0.3 is 6.09 Å². The van der Waals surface area contributed by atoms with Gasteiger partial charge in [-0.05, 0) is 29.8 Å². The first kappa shape index (κ1) is 19.5. The van der Waals surface area contributed by atoms with Crippen LogP contribution in [-0.2, 0) is 11.2 Å². The molecule has 3 rings (SSSR count). The lowest BCUT2D eigenvalue weighted by Crippen LogP contribution is -2.51. The molecule has 0 aliphatic carbocycles. The van der Waals surface area contributed by atoms with Crippen molar-refractivity contribution in [2.75, 3.05) is 40.4 Å². The first-order valence-electron chi connectivity index (χ1n) is 9.11. The van der Waals surface area contributed by atoms with Gasteiger partial charge in [-0.2, -0.15) is 0 Å². The predicted octanol–water partition coefficient (Wildman–Crippen LogP) is 2.59. The largest absolute Gasteiger partial charge is 0.493 e. The molecule has 0 aromatic heterocycles. The number of amides is 2. The Morgan fingerprint density at radius 2 is 1.50 bits per heavy atom. The van der Waals surface area contributed by atoms with E-state index < -0.39 is 6.09 Å². The molecule has 0 bridgehead atoms. The van der Waals surface area contributed by atoms with Crippen molar-refractivity contribution in [3.63, 3.8) is 0 Å². The van der Waals surface area contributed by atoms with E-state index in [0.717, 1.165) is 5.56 Å². The number of para-hydroxylation sites is 1. The van der Waals surface area contributed by atoms with Gasteiger partial charge in [-0.1, -0.05) is 24.3 Å². The fourth-order valence-corrected chi connectivity index (χ4v) is 3.07. The number of hydrogen-bond donors (Lipinski definition) is 0. The number of benzene rings is 2. The molecule has 2 aromatic carbocycles. The SMILES string of the molecule is COc1ccc(CC(=O)N2CCN(C(=O)Oc3ccccc3)CC2)cc1OC. The molecule has 7 nitrogen and oxygen atoms in total. The van der Waals surface area contributed by atoms with Crippen LogP contribution < -0.4 is 14.2 Å². The molecule has 0 N–H and O–H groups in total. The second-order valence-corrected chi connectivity index (χ2v) is 6.41. The van der Waals surface area contributed by atoms with Gasteiger partial charge < -0.3 is 24.0 Å². The third-order valence-electron chi connectivity index (χ3n) is 4.64. The number of piperazine rings is 1. The number of ether oxygens (including phenoxy) is 3. The molecule has 1 saturated heterocycles. The normalized spacial score (nSPS) is 13.8. The Kier molecular flexibility index (Phi) is 6.37. The summed E-state index contributed by atoms with van der Waals surface area (Å²) in [6.45, 7) is 1.86. The molecule has 0 atom stereocenters. The molecule has 1 heterocycles. The molecular weight excluding hydrogens is 360 g/mol. The maximum atomic E-state index is 12.6. The Labute approximate surface area is 164 Å². The second-order valence-electron chi connectivity index (χ2n) is 6.41. The monoisotopic (exact) mass is 384 g/mol. The summed E-state index contributed by atoms with van der Waals surface area (Å²) < 4.78 is 15.9. The van der Waals surface area contributed by atoms with E-state index in [1.807, 2.05) is 30.3 Å². The van der Waals surface area contributed by atoms with Gasteiger partial charge in [-0.15, -0.1) is 0 Å². The molecule has 1 aliphatic heterocycles. The molecule has 1 aliphatic rings. The molecule has 2 amide bonds. The van der Waals surface area contributed by atoms with Crippen molar-refractivity contribution in [2.24, 2.45) is 0 Å². The van der Waals surface area contributed by atoms with Crippen molar-refractivity contribution in [3.8, 4) is 17.2 Å². The highest BCUT2D eigenvalue weighted by Crippen LogP contribution is 2.28. The van der Waals surface area contributed by atoms with Gasteiger partial charge in [0.25, 0.3) is 0 Å². The van der Waals surface area contributed by atoms with Crippen LogP contribution in [0.2, 0.25) is 0 Å². The van der Waals surface area contributed by atoms with Gasteiger partial charge in [-0.3, -0.25) is 4.79 Å². The van der Waals surface area contributed by atoms with Crippen LogP contribution in [0.5, 0.6) is 17.2 Å². The molecule has 0 radical (unpaired) electrons. The molecule has 2 aromatic rings. The van der Waals surface area contributed by atoms with E-state index in [4.69, 9.17) is 14.2 Å². The average molecular weight is 384 g/mol. The minimum Gasteiger partial charge on any atom is -0.493 e. The van der Waals surface area contributed by atoms with Gasteiger partial charge in [0, 0.05) is 26.2 Å². The average Bonchev–Trinajstić information content (AvgIpc) is 2.74. The van der Waals surface area contributed by atoms with Crippen LogP contribution in [0.1, 0.15) is 5.56 Å². The highest BCUT2D eigenvalue weighted by Gasteiger charge is 2.25. The standard InChI is InChI=1S/C21H24N2O5/c1-26-18-9-8-16(14-19(18)27-2)15-20(24)22-10-12-23(13-11-22)21(25)28-17-6-4-3-5-7-17/h3-9,14H,10-13,15H2,1-2H3. The summed E-state index contributed by atoms with van der Waals surface area (Å²) >= 11 is 0. The lowest BCUT2D eigenvalue weighted by molar-refractivity contribution is -0.132. The number of hydrogen-bond acceptors (Lipinski definition) is 5. The van der Waals surface area contributed by atoms with Crippen molar-refractivity contribution >= 4 is 12.0 Å². The van der Waals surface area contributed by atoms with E-state index in [1.54, 1.807) is 42.2 Å². The molecular formula is C21H24N2O5. The van der Waals surface area contributed by atoms with Gasteiger partial charge in [-0.25, -0.2) is 4.79 Å². The van der Waals surface area contributed by atoms with Gasteiger partial charge in [0.2, 0.25) is 5.91 Å². The smallest absolute Gasteiger partial charge is 0.415 e. The molecule has 1 fully saturated rings. The van der Waals surface area contributed by atoms with E-state index in [1.165, 1.54) is 0 Å². The van der Waals surface area contributed by atoms with Crippen molar-refractivity contribution in [1.82, 2.24) is 9.80 Å². The Morgan fingerprint density at radius 1 is 0.857 bits per heavy atom. The summed E-state index contributed by atoms with van der Waals surface area (Å²) in [5, 5.41) is 0. The van der Waals surface area contributed by atoms with Gasteiger partial charge in [0.05, 0.1) is 20.6 Å². The molecule has 28 heavy (non-hydrogen) atoms. The van der Waals surface area contributed by atoms with Crippen molar-refractivity contribution in [1.29, 1.82) is 0 Å². The van der Waals surface area contributed by atoms with Gasteiger partial charge in [0.1, 0.15) is 5.75 Å². The number of methoxy groups -OCH3 is 2. The predicted molar refractivity (Wildman–Crippen MR) is 104 cm³/mol. The Hall–Kier alpha value is -3.22. The summed E-state index contributed by atoms with van der Waals surface area (Å²) in [7, 11) is 3.14. The number of rotatable bonds is 5. The Balaban J connectivity index is 1.52. The minimum atomic E-state index is -0.391. The van der Waals surface area contributed by atoms with Crippen LogP contribution >= 0.6 is 0 Å². The maximum Gasteiger partial charge on any atom is 0.415 e. The molecule has 7 heteroatoms. The first-order chi connectivity index (χ1) is 13.6. The van der Waals surface area contributed by atoms with Crippen LogP contribution in [0.25, 0.3) is 0 Å². The van der Waals surface area contributed by atoms with Crippen molar-refractivity contribution in [2.45, 2.75) is 6.42 Å². The number of carbonyl (C=O) groups excluding carboxylic acids is 2. The summed E-state index contributed by atoms with van der Waals surface area (Å²) in [6.07, 6.45) is -0.118. The topological polar surface area (TPSA) is 68.3 Å². The molecule has 148 valence electrons. The zero-order valence-electron chi connectivity index (χ0n) is 16.1. The zero-order chi connectivity index (χ0) is 19.9. The van der Waals surface area contributed by atoms with E-state index >= 15 is 0 Å². The highest BCUT2D eigenvalue weighted by atomic mass is 16.6. The van der Waals surface area contributed by atoms with Crippen molar-refractivity contribution < 1.29 is 23.8 Å². The fraction of sp³-hybridized carbons (Fsp3) is 0.333. The van der Waals surface area contributed by atoms with E-state index in [0.29, 0.717) is 43.4 Å². The summed E-state index contributed by atoms with van der Waals surface area (Å²) in [5.41, 5.74) is 0.855. The lowest BCUT2D eigenvalue weighted by atomic mass is 10.1. The second kappa shape index (κ2) is 9.12. The summed E-state index contributed by atoms with van der Waals surface area (Å²) in [6, 6.07) is 14.4. The molecule has 0 spiro atoms. The van der Waals surface area contributed by atoms with E-state index in [9.17, 15) is 9.59 Å². The fourth-order valence-electron chi connectivity index (χ4n) is 3.07. The third kappa shape index (κ3) is 4.73. The van der Waals surface area contributed by atoms with Crippen LogP contribution in [0.15, 0.2) is 48.5 Å². The van der Waals surface area contributed by atoms with Crippen LogP contribution in [-0.4, -0.2) is 62.2 Å².